The quantitative estimate of drug-likeness (QED) is 0.759. The zero-order valence-corrected chi connectivity index (χ0v) is 14.4. The van der Waals surface area contributed by atoms with Gasteiger partial charge in [-0.25, -0.2) is 9.97 Å². The molecule has 128 valence electrons. The maximum Gasteiger partial charge on any atom is 0.251 e. The summed E-state index contributed by atoms with van der Waals surface area (Å²) in [5.74, 6) is 1.13. The smallest absolute Gasteiger partial charge is 0.251 e. The van der Waals surface area contributed by atoms with E-state index in [0.717, 1.165) is 23.4 Å². The number of nitrogens with two attached hydrogens (primary N) is 1. The zero-order valence-electron chi connectivity index (χ0n) is 14.4. The molecule has 0 aliphatic heterocycles. The van der Waals surface area contributed by atoms with E-state index >= 15 is 0 Å². The van der Waals surface area contributed by atoms with Crippen molar-refractivity contribution in [2.24, 2.45) is 5.73 Å². The van der Waals surface area contributed by atoms with E-state index in [1.54, 1.807) is 12.1 Å². The second kappa shape index (κ2) is 8.40. The van der Waals surface area contributed by atoms with Crippen LogP contribution >= 0.6 is 0 Å². The Balaban J connectivity index is 2.02. The van der Waals surface area contributed by atoms with Gasteiger partial charge >= 0.3 is 0 Å². The third-order valence-electron chi connectivity index (χ3n) is 3.49. The number of aryl methyl sites for hydroxylation is 3. The van der Waals surface area contributed by atoms with Crippen LogP contribution in [0.2, 0.25) is 0 Å². The molecule has 0 saturated heterocycles. The topological polar surface area (TPSA) is 90.1 Å². The summed E-state index contributed by atoms with van der Waals surface area (Å²) in [5.41, 5.74) is 8.78. The molecule has 0 radical (unpaired) electrons. The van der Waals surface area contributed by atoms with Crippen LogP contribution in [0.15, 0.2) is 24.3 Å². The minimum Gasteiger partial charge on any atom is -0.493 e. The number of nitrogens with one attached hydrogen (secondary N) is 1. The Bertz CT molecular complexity index is 696. The van der Waals surface area contributed by atoms with Gasteiger partial charge in [0, 0.05) is 17.0 Å². The molecule has 1 amide bonds. The maximum atomic E-state index is 12.3. The van der Waals surface area contributed by atoms with E-state index in [4.69, 9.17) is 10.5 Å². The fraction of sp³-hybridized carbons (Fsp3) is 0.389. The summed E-state index contributed by atoms with van der Waals surface area (Å²) in [5, 5.41) is 2.84. The molecule has 24 heavy (non-hydrogen) atoms. The van der Waals surface area contributed by atoms with Crippen molar-refractivity contribution in [3.8, 4) is 5.75 Å². The Morgan fingerprint density at radius 2 is 1.88 bits per heavy atom. The number of benzene rings is 1. The van der Waals surface area contributed by atoms with Crippen molar-refractivity contribution in [1.29, 1.82) is 0 Å². The van der Waals surface area contributed by atoms with Crippen LogP contribution in [-0.2, 0) is 6.54 Å². The molecule has 1 aromatic heterocycles. The van der Waals surface area contributed by atoms with E-state index in [2.05, 4.69) is 15.3 Å². The molecule has 1 aromatic carbocycles. The highest BCUT2D eigenvalue weighted by Crippen LogP contribution is 2.19. The highest BCUT2D eigenvalue weighted by atomic mass is 16.5. The monoisotopic (exact) mass is 328 g/mol. The third-order valence-corrected chi connectivity index (χ3v) is 3.49. The average Bonchev–Trinajstić information content (AvgIpc) is 2.53. The summed E-state index contributed by atoms with van der Waals surface area (Å²) in [4.78, 5) is 21.0. The summed E-state index contributed by atoms with van der Waals surface area (Å²) in [6.45, 7) is 7.17. The van der Waals surface area contributed by atoms with E-state index in [-0.39, 0.29) is 5.91 Å². The van der Waals surface area contributed by atoms with E-state index in [1.165, 1.54) is 0 Å². The lowest BCUT2D eigenvalue weighted by atomic mass is 10.1. The Hall–Kier alpha value is -2.47. The first-order valence-electron chi connectivity index (χ1n) is 8.02. The number of carbonyl (C=O) groups is 1. The van der Waals surface area contributed by atoms with Gasteiger partial charge < -0.3 is 15.8 Å². The Labute approximate surface area is 142 Å². The van der Waals surface area contributed by atoms with E-state index in [9.17, 15) is 4.79 Å². The van der Waals surface area contributed by atoms with Gasteiger partial charge in [0.2, 0.25) is 0 Å². The molecular weight excluding hydrogens is 304 g/mol. The molecule has 0 fully saturated rings. The van der Waals surface area contributed by atoms with Crippen molar-refractivity contribution in [3.05, 3.63) is 52.6 Å². The lowest BCUT2D eigenvalue weighted by Crippen LogP contribution is -2.24. The zero-order chi connectivity index (χ0) is 17.5. The molecule has 0 saturated carbocycles. The van der Waals surface area contributed by atoms with Crippen molar-refractivity contribution in [1.82, 2.24) is 15.3 Å². The van der Waals surface area contributed by atoms with Crippen LogP contribution in [0, 0.1) is 20.8 Å². The second-order valence-corrected chi connectivity index (χ2v) is 5.72. The summed E-state index contributed by atoms with van der Waals surface area (Å²) in [7, 11) is 0. The van der Waals surface area contributed by atoms with Crippen LogP contribution in [0.3, 0.4) is 0 Å². The first kappa shape index (κ1) is 17.9. The molecule has 0 aliphatic carbocycles. The van der Waals surface area contributed by atoms with Gasteiger partial charge in [0.05, 0.1) is 13.2 Å². The SMILES string of the molecule is Cc1cc(C)nc(CNC(=O)c2ccc(C)c(OCCCN)c2)n1. The second-order valence-electron chi connectivity index (χ2n) is 5.72. The van der Waals surface area contributed by atoms with Gasteiger partial charge in [0.25, 0.3) is 5.91 Å². The standard InChI is InChI=1S/C18H24N4O2/c1-12-5-6-15(10-16(12)24-8-4-7-19)18(23)20-11-17-21-13(2)9-14(3)22-17/h5-6,9-10H,4,7-8,11,19H2,1-3H3,(H,20,23). The van der Waals surface area contributed by atoms with Gasteiger partial charge in [0.15, 0.2) is 0 Å². The van der Waals surface area contributed by atoms with Gasteiger partial charge in [-0.1, -0.05) is 6.07 Å². The molecule has 0 spiro atoms. The molecule has 2 rings (SSSR count). The predicted octanol–water partition coefficient (Wildman–Crippen LogP) is 2.06. The normalized spacial score (nSPS) is 10.5. The van der Waals surface area contributed by atoms with Crippen molar-refractivity contribution in [2.75, 3.05) is 13.2 Å². The molecule has 6 nitrogen and oxygen atoms in total. The molecule has 3 N–H and O–H groups in total. The molecule has 0 bridgehead atoms. The van der Waals surface area contributed by atoms with Crippen LogP contribution in [-0.4, -0.2) is 29.0 Å². The number of amides is 1. The average molecular weight is 328 g/mol. The summed E-state index contributed by atoms with van der Waals surface area (Å²) in [6, 6.07) is 7.31. The van der Waals surface area contributed by atoms with Crippen LogP contribution in [0.25, 0.3) is 0 Å². The highest BCUT2D eigenvalue weighted by Gasteiger charge is 2.10. The molecule has 1 heterocycles. The number of hydrogen-bond donors (Lipinski definition) is 2. The van der Waals surface area contributed by atoms with Crippen LogP contribution < -0.4 is 15.8 Å². The van der Waals surface area contributed by atoms with Crippen LogP contribution in [0.4, 0.5) is 0 Å². The van der Waals surface area contributed by atoms with Crippen molar-refractivity contribution >= 4 is 5.91 Å². The molecule has 6 heteroatoms. The largest absolute Gasteiger partial charge is 0.493 e. The van der Waals surface area contributed by atoms with Crippen molar-refractivity contribution in [2.45, 2.75) is 33.7 Å². The Morgan fingerprint density at radius 1 is 1.17 bits per heavy atom. The van der Waals surface area contributed by atoms with Gasteiger partial charge in [0.1, 0.15) is 11.6 Å². The maximum absolute atomic E-state index is 12.3. The summed E-state index contributed by atoms with van der Waals surface area (Å²) < 4.78 is 5.68. The summed E-state index contributed by atoms with van der Waals surface area (Å²) in [6.07, 6.45) is 0.778. The molecular formula is C18H24N4O2. The minimum atomic E-state index is -0.179. The predicted molar refractivity (Wildman–Crippen MR) is 93.0 cm³/mol. The van der Waals surface area contributed by atoms with Gasteiger partial charge in [-0.05, 0) is 57.5 Å². The van der Waals surface area contributed by atoms with E-state index in [1.807, 2.05) is 32.9 Å². The van der Waals surface area contributed by atoms with Gasteiger partial charge in [-0.3, -0.25) is 4.79 Å². The molecule has 2 aromatic rings. The van der Waals surface area contributed by atoms with Gasteiger partial charge in [-0.15, -0.1) is 0 Å². The molecule has 0 unspecified atom stereocenters. The van der Waals surface area contributed by atoms with E-state index < -0.39 is 0 Å². The first-order chi connectivity index (χ1) is 11.5. The van der Waals surface area contributed by atoms with Crippen LogP contribution in [0.1, 0.15) is 39.6 Å². The number of carbonyl (C=O) groups excluding carboxylic acids is 1. The number of aromatic nitrogens is 2. The van der Waals surface area contributed by atoms with Crippen molar-refractivity contribution < 1.29 is 9.53 Å². The number of nitrogens with zero attached hydrogens (tertiary/aromatic N) is 2. The lowest BCUT2D eigenvalue weighted by Gasteiger charge is -2.11. The lowest BCUT2D eigenvalue weighted by molar-refractivity contribution is 0.0949. The Morgan fingerprint density at radius 3 is 2.54 bits per heavy atom. The van der Waals surface area contributed by atoms with E-state index in [0.29, 0.717) is 36.8 Å². The summed E-state index contributed by atoms with van der Waals surface area (Å²) >= 11 is 0. The highest BCUT2D eigenvalue weighted by molar-refractivity contribution is 5.94. The third kappa shape index (κ3) is 5.03. The van der Waals surface area contributed by atoms with Crippen LogP contribution in [0.5, 0.6) is 5.75 Å². The fourth-order valence-electron chi connectivity index (χ4n) is 2.30. The molecule has 0 aliphatic rings. The number of rotatable bonds is 7. The number of ether oxygens (including phenoxy) is 1. The molecule has 0 atom stereocenters. The number of hydrogen-bond acceptors (Lipinski definition) is 5. The fourth-order valence-corrected chi connectivity index (χ4v) is 2.30. The van der Waals surface area contributed by atoms with Crippen molar-refractivity contribution in [3.63, 3.8) is 0 Å². The minimum absolute atomic E-state index is 0.179. The first-order valence-corrected chi connectivity index (χ1v) is 8.02. The Kier molecular flexibility index (Phi) is 6.26. The van der Waals surface area contributed by atoms with Gasteiger partial charge in [-0.2, -0.15) is 0 Å².